The fourth-order valence-corrected chi connectivity index (χ4v) is 3.61. The van der Waals surface area contributed by atoms with E-state index >= 15 is 0 Å². The maximum absolute atomic E-state index is 5.40. The van der Waals surface area contributed by atoms with E-state index in [4.69, 9.17) is 19.4 Å². The molecule has 0 atom stereocenters. The topological polar surface area (TPSA) is 48.7 Å². The monoisotopic (exact) mass is 381 g/mol. The van der Waals surface area contributed by atoms with Crippen LogP contribution in [0.4, 0.5) is 0 Å². The molecule has 0 radical (unpaired) electrons. The van der Waals surface area contributed by atoms with Crippen LogP contribution in [0.2, 0.25) is 0 Å². The summed E-state index contributed by atoms with van der Waals surface area (Å²) in [5, 5.41) is 0. The number of hydrogen-bond acceptors (Lipinski definition) is 4. The number of hydrogen-bond donors (Lipinski definition) is 0. The Morgan fingerprint density at radius 2 is 1.41 bits per heavy atom. The lowest BCUT2D eigenvalue weighted by atomic mass is 10.1. The van der Waals surface area contributed by atoms with Crippen LogP contribution in [0.15, 0.2) is 79.1 Å². The quantitative estimate of drug-likeness (QED) is 0.427. The summed E-state index contributed by atoms with van der Waals surface area (Å²) in [6.07, 6.45) is 1.86. The zero-order valence-electron chi connectivity index (χ0n) is 16.2. The van der Waals surface area contributed by atoms with Crippen LogP contribution in [0.25, 0.3) is 39.1 Å². The van der Waals surface area contributed by atoms with Gasteiger partial charge in [0.25, 0.3) is 0 Å². The van der Waals surface area contributed by atoms with Crippen molar-refractivity contribution in [2.75, 3.05) is 14.2 Å². The Bertz CT molecular complexity index is 1310. The molecule has 0 aliphatic rings. The fraction of sp³-hybridized carbons (Fsp3) is 0.0833. The molecule has 0 aliphatic heterocycles. The van der Waals surface area contributed by atoms with Crippen LogP contribution in [0.3, 0.4) is 0 Å². The Morgan fingerprint density at radius 1 is 0.724 bits per heavy atom. The van der Waals surface area contributed by atoms with Gasteiger partial charge in [-0.1, -0.05) is 30.3 Å². The van der Waals surface area contributed by atoms with Gasteiger partial charge >= 0.3 is 0 Å². The molecule has 0 bridgehead atoms. The van der Waals surface area contributed by atoms with Crippen molar-refractivity contribution in [3.63, 3.8) is 0 Å². The largest absolute Gasteiger partial charge is 0.497 e. The highest BCUT2D eigenvalue weighted by molar-refractivity contribution is 5.95. The van der Waals surface area contributed by atoms with Crippen molar-refractivity contribution in [3.05, 3.63) is 79.1 Å². The van der Waals surface area contributed by atoms with Gasteiger partial charge in [-0.25, -0.2) is 9.97 Å². The van der Waals surface area contributed by atoms with Gasteiger partial charge in [0.15, 0.2) is 0 Å². The van der Waals surface area contributed by atoms with E-state index in [0.29, 0.717) is 0 Å². The maximum atomic E-state index is 5.40. The molecule has 5 aromatic rings. The van der Waals surface area contributed by atoms with Gasteiger partial charge in [-0.3, -0.25) is 4.40 Å². The minimum Gasteiger partial charge on any atom is -0.497 e. The minimum atomic E-state index is 0.772. The molecule has 5 heteroatoms. The number of aromatic nitrogens is 3. The number of rotatable bonds is 4. The highest BCUT2D eigenvalue weighted by Gasteiger charge is 2.17. The van der Waals surface area contributed by atoms with Crippen molar-refractivity contribution in [3.8, 4) is 34.0 Å². The predicted octanol–water partition coefficient (Wildman–Crippen LogP) is 5.23. The molecule has 2 heterocycles. The van der Waals surface area contributed by atoms with Gasteiger partial charge in [0.2, 0.25) is 0 Å². The third kappa shape index (κ3) is 2.88. The predicted molar refractivity (Wildman–Crippen MR) is 114 cm³/mol. The van der Waals surface area contributed by atoms with Crippen molar-refractivity contribution in [1.29, 1.82) is 0 Å². The lowest BCUT2D eigenvalue weighted by Crippen LogP contribution is -1.96. The first-order chi connectivity index (χ1) is 14.3. The molecule has 29 heavy (non-hydrogen) atoms. The lowest BCUT2D eigenvalue weighted by molar-refractivity contribution is 0.415. The van der Waals surface area contributed by atoms with Crippen molar-refractivity contribution in [2.45, 2.75) is 0 Å². The molecule has 0 fully saturated rings. The molecule has 0 aliphatic carbocycles. The van der Waals surface area contributed by atoms with Gasteiger partial charge in [0, 0.05) is 17.2 Å². The molecule has 0 amide bonds. The van der Waals surface area contributed by atoms with Crippen LogP contribution in [0.5, 0.6) is 11.5 Å². The average Bonchev–Trinajstić information content (AvgIpc) is 3.24. The van der Waals surface area contributed by atoms with E-state index < -0.39 is 0 Å². The summed E-state index contributed by atoms with van der Waals surface area (Å²) in [5.41, 5.74) is 6.62. The Kier molecular flexibility index (Phi) is 4.13. The van der Waals surface area contributed by atoms with Gasteiger partial charge < -0.3 is 9.47 Å². The Hall–Kier alpha value is -3.86. The fourth-order valence-electron chi connectivity index (χ4n) is 3.61. The summed E-state index contributed by atoms with van der Waals surface area (Å²) in [6.45, 7) is 0. The second-order valence-electron chi connectivity index (χ2n) is 6.72. The van der Waals surface area contributed by atoms with E-state index in [1.165, 1.54) is 0 Å². The third-order valence-electron chi connectivity index (χ3n) is 5.08. The molecule has 0 saturated carbocycles. The highest BCUT2D eigenvalue weighted by atomic mass is 16.5. The number of methoxy groups -OCH3 is 2. The molecule has 5 nitrogen and oxygen atoms in total. The van der Waals surface area contributed by atoms with Crippen molar-refractivity contribution in [2.24, 2.45) is 0 Å². The second-order valence-corrected chi connectivity index (χ2v) is 6.72. The summed E-state index contributed by atoms with van der Waals surface area (Å²) in [4.78, 5) is 9.76. The second kappa shape index (κ2) is 6.95. The van der Waals surface area contributed by atoms with Crippen molar-refractivity contribution in [1.82, 2.24) is 14.4 Å². The molecule has 0 N–H and O–H groups in total. The number of imidazole rings is 1. The molecule has 0 spiro atoms. The van der Waals surface area contributed by atoms with Crippen LogP contribution in [0.1, 0.15) is 0 Å². The summed E-state index contributed by atoms with van der Waals surface area (Å²) in [5.74, 6) is 1.58. The maximum Gasteiger partial charge on any atom is 0.121 e. The first-order valence-electron chi connectivity index (χ1n) is 9.33. The van der Waals surface area contributed by atoms with E-state index in [9.17, 15) is 0 Å². The molecule has 2 aromatic heterocycles. The van der Waals surface area contributed by atoms with Crippen LogP contribution in [-0.2, 0) is 0 Å². The van der Waals surface area contributed by atoms with Crippen LogP contribution in [-0.4, -0.2) is 28.6 Å². The molecule has 0 saturated heterocycles. The highest BCUT2D eigenvalue weighted by Crippen LogP contribution is 2.34. The zero-order chi connectivity index (χ0) is 19.8. The average molecular weight is 381 g/mol. The van der Waals surface area contributed by atoms with Gasteiger partial charge in [0.1, 0.15) is 17.8 Å². The van der Waals surface area contributed by atoms with Crippen molar-refractivity contribution >= 4 is 16.6 Å². The lowest BCUT2D eigenvalue weighted by Gasteiger charge is -2.11. The number of ether oxygens (including phenoxy) is 2. The molecular formula is C24H19N3O2. The Labute approximate surface area is 168 Å². The normalized spacial score (nSPS) is 11.1. The van der Waals surface area contributed by atoms with E-state index in [2.05, 4.69) is 16.5 Å². The molecule has 0 unspecified atom stereocenters. The van der Waals surface area contributed by atoms with Gasteiger partial charge in [-0.05, 0) is 36.4 Å². The SMILES string of the molecule is COc1ccc(-c2nc3cc(OC)ccc3n3cnc(-c4ccccc4)c23)cc1. The van der Waals surface area contributed by atoms with E-state index in [1.54, 1.807) is 14.2 Å². The van der Waals surface area contributed by atoms with Gasteiger partial charge in [-0.15, -0.1) is 0 Å². The van der Waals surface area contributed by atoms with Crippen LogP contribution >= 0.6 is 0 Å². The summed E-state index contributed by atoms with van der Waals surface area (Å²) < 4.78 is 12.8. The molecule has 142 valence electrons. The Balaban J connectivity index is 1.86. The van der Waals surface area contributed by atoms with E-state index in [-0.39, 0.29) is 0 Å². The number of benzene rings is 3. The third-order valence-corrected chi connectivity index (χ3v) is 5.08. The Morgan fingerprint density at radius 3 is 2.14 bits per heavy atom. The zero-order valence-corrected chi connectivity index (χ0v) is 16.2. The van der Waals surface area contributed by atoms with Crippen molar-refractivity contribution < 1.29 is 9.47 Å². The number of fused-ring (bicyclic) bond motifs is 3. The first-order valence-corrected chi connectivity index (χ1v) is 9.33. The summed E-state index contributed by atoms with van der Waals surface area (Å²) in [7, 11) is 3.33. The molecule has 3 aromatic carbocycles. The summed E-state index contributed by atoms with van der Waals surface area (Å²) in [6, 6.07) is 24.0. The van der Waals surface area contributed by atoms with E-state index in [1.807, 2.05) is 67.0 Å². The minimum absolute atomic E-state index is 0.772. The summed E-state index contributed by atoms with van der Waals surface area (Å²) >= 11 is 0. The molecule has 5 rings (SSSR count). The van der Waals surface area contributed by atoms with Crippen LogP contribution < -0.4 is 9.47 Å². The smallest absolute Gasteiger partial charge is 0.121 e. The van der Waals surface area contributed by atoms with Gasteiger partial charge in [0.05, 0.1) is 42.2 Å². The number of nitrogens with zero attached hydrogens (tertiary/aromatic N) is 3. The van der Waals surface area contributed by atoms with Gasteiger partial charge in [-0.2, -0.15) is 0 Å². The standard InChI is InChI=1S/C24H19N3O2/c1-28-18-10-8-17(9-11-18)23-24-22(16-6-4-3-5-7-16)25-15-27(24)21-13-12-19(29-2)14-20(21)26-23/h3-15H,1-2H3. The van der Waals surface area contributed by atoms with E-state index in [0.717, 1.165) is 50.6 Å². The first kappa shape index (κ1) is 17.3. The van der Waals surface area contributed by atoms with Crippen LogP contribution in [0, 0.1) is 0 Å². The molecular weight excluding hydrogens is 362 g/mol.